The number of rotatable bonds is 7. The molecule has 2 amide bonds. The van der Waals surface area contributed by atoms with Gasteiger partial charge in [-0.2, -0.15) is 5.10 Å². The van der Waals surface area contributed by atoms with E-state index in [0.29, 0.717) is 0 Å². The molecule has 2 aliphatic rings. The molecule has 0 radical (unpaired) electrons. The zero-order valence-electron chi connectivity index (χ0n) is 16.2. The Morgan fingerprint density at radius 1 is 1.35 bits per heavy atom. The Bertz CT molecular complexity index is 576. The molecule has 1 aliphatic carbocycles. The van der Waals surface area contributed by atoms with Crippen LogP contribution in [0.5, 0.6) is 0 Å². The van der Waals surface area contributed by atoms with Crippen molar-refractivity contribution in [2.45, 2.75) is 64.0 Å². The summed E-state index contributed by atoms with van der Waals surface area (Å²) in [5.74, 6) is 0.767. The Labute approximate surface area is 156 Å². The van der Waals surface area contributed by atoms with Gasteiger partial charge in [0.1, 0.15) is 5.82 Å². The van der Waals surface area contributed by atoms with E-state index in [9.17, 15) is 4.79 Å². The Morgan fingerprint density at radius 2 is 2.08 bits per heavy atom. The lowest BCUT2D eigenvalue weighted by atomic mass is 9.96. The fourth-order valence-corrected chi connectivity index (χ4v) is 4.25. The van der Waals surface area contributed by atoms with Crippen molar-refractivity contribution in [3.63, 3.8) is 0 Å². The molecule has 1 aromatic rings. The fraction of sp³-hybridized carbons (Fsp3) is 0.789. The number of urea groups is 1. The van der Waals surface area contributed by atoms with Crippen molar-refractivity contribution >= 4 is 11.8 Å². The molecule has 7 heteroatoms. The van der Waals surface area contributed by atoms with Gasteiger partial charge < -0.3 is 10.1 Å². The Hall–Kier alpha value is -1.60. The number of nitrogens with zero attached hydrogens (tertiary/aromatic N) is 3. The number of amides is 2. The molecule has 0 spiro atoms. The van der Waals surface area contributed by atoms with Crippen LogP contribution in [0.2, 0.25) is 0 Å². The molecule has 0 unspecified atom stereocenters. The normalized spacial score (nSPS) is 21.5. The smallest absolute Gasteiger partial charge is 0.320 e. The van der Waals surface area contributed by atoms with Crippen molar-refractivity contribution in [2.75, 3.05) is 38.2 Å². The second kappa shape index (κ2) is 8.86. The molecule has 1 atom stereocenters. The molecule has 1 aliphatic heterocycles. The van der Waals surface area contributed by atoms with E-state index in [4.69, 9.17) is 4.74 Å². The third kappa shape index (κ3) is 4.76. The molecule has 2 heterocycles. The van der Waals surface area contributed by atoms with Crippen LogP contribution in [-0.2, 0) is 4.74 Å². The molecule has 146 valence electrons. The molecule has 0 aromatic carbocycles. The highest BCUT2D eigenvalue weighted by Gasteiger charge is 2.37. The van der Waals surface area contributed by atoms with Gasteiger partial charge in [-0.1, -0.05) is 26.2 Å². The molecule has 1 saturated heterocycles. The lowest BCUT2D eigenvalue weighted by Crippen LogP contribution is -2.56. The first-order chi connectivity index (χ1) is 12.6. The Balaban J connectivity index is 1.61. The highest BCUT2D eigenvalue weighted by Crippen LogP contribution is 2.31. The Kier molecular flexibility index (Phi) is 6.53. The van der Waals surface area contributed by atoms with Crippen molar-refractivity contribution < 1.29 is 9.53 Å². The van der Waals surface area contributed by atoms with Crippen LogP contribution in [0.1, 0.15) is 58.4 Å². The van der Waals surface area contributed by atoms with E-state index in [1.165, 1.54) is 12.8 Å². The summed E-state index contributed by atoms with van der Waals surface area (Å²) in [4.78, 5) is 15.2. The minimum absolute atomic E-state index is 0.120. The van der Waals surface area contributed by atoms with Crippen LogP contribution in [0, 0.1) is 0 Å². The van der Waals surface area contributed by atoms with Crippen molar-refractivity contribution in [1.82, 2.24) is 20.0 Å². The van der Waals surface area contributed by atoms with Gasteiger partial charge in [-0.3, -0.25) is 10.2 Å². The quantitative estimate of drug-likeness (QED) is 0.781. The Morgan fingerprint density at radius 3 is 2.77 bits per heavy atom. The summed E-state index contributed by atoms with van der Waals surface area (Å²) in [6, 6.07) is 2.03. The van der Waals surface area contributed by atoms with E-state index < -0.39 is 0 Å². The average molecular weight is 364 g/mol. The fourth-order valence-electron chi connectivity index (χ4n) is 4.25. The third-order valence-corrected chi connectivity index (χ3v) is 5.61. The number of hydrogen-bond donors (Lipinski definition) is 2. The summed E-state index contributed by atoms with van der Waals surface area (Å²) < 4.78 is 7.36. The number of carbonyl (C=O) groups excluding carboxylic acids is 1. The van der Waals surface area contributed by atoms with Crippen LogP contribution in [0.15, 0.2) is 12.3 Å². The number of hydrogen-bond acceptors (Lipinski definition) is 4. The molecule has 2 N–H and O–H groups in total. The summed E-state index contributed by atoms with van der Waals surface area (Å²) in [7, 11) is 0. The predicted molar refractivity (Wildman–Crippen MR) is 102 cm³/mol. The molecule has 1 saturated carbocycles. The summed E-state index contributed by atoms with van der Waals surface area (Å²) in [6.45, 7) is 8.69. The maximum atomic E-state index is 12.7. The van der Waals surface area contributed by atoms with E-state index in [-0.39, 0.29) is 17.6 Å². The van der Waals surface area contributed by atoms with Gasteiger partial charge in [-0.05, 0) is 26.2 Å². The molecule has 26 heavy (non-hydrogen) atoms. The van der Waals surface area contributed by atoms with E-state index in [1.54, 1.807) is 6.20 Å². The monoisotopic (exact) mass is 363 g/mol. The average Bonchev–Trinajstić information content (AvgIpc) is 3.26. The maximum Gasteiger partial charge on any atom is 0.320 e. The van der Waals surface area contributed by atoms with Crippen LogP contribution in [0.25, 0.3) is 0 Å². The van der Waals surface area contributed by atoms with Gasteiger partial charge in [0.05, 0.1) is 31.0 Å². The van der Waals surface area contributed by atoms with Gasteiger partial charge in [0, 0.05) is 25.7 Å². The summed E-state index contributed by atoms with van der Waals surface area (Å²) in [5, 5.41) is 10.7. The van der Waals surface area contributed by atoms with Crippen molar-refractivity contribution in [1.29, 1.82) is 0 Å². The highest BCUT2D eigenvalue weighted by molar-refractivity contribution is 5.88. The number of aromatic nitrogens is 2. The zero-order valence-corrected chi connectivity index (χ0v) is 16.2. The van der Waals surface area contributed by atoms with Crippen LogP contribution in [-0.4, -0.2) is 59.1 Å². The van der Waals surface area contributed by atoms with E-state index in [1.807, 2.05) is 10.7 Å². The van der Waals surface area contributed by atoms with Crippen molar-refractivity contribution in [2.24, 2.45) is 0 Å². The number of morpholine rings is 1. The lowest BCUT2D eigenvalue weighted by Gasteiger charge is -2.37. The van der Waals surface area contributed by atoms with Crippen LogP contribution < -0.4 is 10.6 Å². The van der Waals surface area contributed by atoms with Gasteiger partial charge in [-0.25, -0.2) is 9.48 Å². The highest BCUT2D eigenvalue weighted by atomic mass is 16.5. The van der Waals surface area contributed by atoms with Gasteiger partial charge >= 0.3 is 6.03 Å². The summed E-state index contributed by atoms with van der Waals surface area (Å²) in [6.07, 6.45) is 8.33. The van der Waals surface area contributed by atoms with Gasteiger partial charge in [-0.15, -0.1) is 0 Å². The number of nitrogens with one attached hydrogen (secondary N) is 2. The SMILES string of the molecule is CCC[C@H](C)n1nccc1NC(=O)NC1(CN2CCOCC2)CCCC1. The standard InChI is InChI=1S/C19H33N5O2/c1-3-6-16(2)24-17(7-10-20-24)21-18(25)22-19(8-4-5-9-19)15-23-11-13-26-14-12-23/h7,10,16H,3-6,8-9,11-15H2,1-2H3,(H2,21,22,25)/t16-/m0/s1. The van der Waals surface area contributed by atoms with Gasteiger partial charge in [0.25, 0.3) is 0 Å². The second-order valence-electron chi connectivity index (χ2n) is 7.75. The number of ether oxygens (including phenoxy) is 1. The summed E-state index contributed by atoms with van der Waals surface area (Å²) >= 11 is 0. The second-order valence-corrected chi connectivity index (χ2v) is 7.75. The van der Waals surface area contributed by atoms with E-state index in [0.717, 1.165) is 64.3 Å². The first-order valence-corrected chi connectivity index (χ1v) is 10.0. The van der Waals surface area contributed by atoms with Crippen LogP contribution in [0.3, 0.4) is 0 Å². The third-order valence-electron chi connectivity index (χ3n) is 5.61. The topological polar surface area (TPSA) is 71.4 Å². The van der Waals surface area contributed by atoms with Crippen molar-refractivity contribution in [3.8, 4) is 0 Å². The van der Waals surface area contributed by atoms with Gasteiger partial charge in [0.2, 0.25) is 0 Å². The van der Waals surface area contributed by atoms with E-state index in [2.05, 4.69) is 34.5 Å². The van der Waals surface area contributed by atoms with E-state index >= 15 is 0 Å². The minimum atomic E-state index is -0.124. The molecule has 0 bridgehead atoms. The molecule has 7 nitrogen and oxygen atoms in total. The molecular formula is C19H33N5O2. The zero-order chi connectivity index (χ0) is 18.4. The molecule has 2 fully saturated rings. The first kappa shape index (κ1) is 19.2. The number of anilines is 1. The van der Waals surface area contributed by atoms with Crippen LogP contribution >= 0.6 is 0 Å². The summed E-state index contributed by atoms with van der Waals surface area (Å²) in [5.41, 5.74) is -0.124. The number of carbonyl (C=O) groups is 1. The first-order valence-electron chi connectivity index (χ1n) is 10.0. The van der Waals surface area contributed by atoms with Crippen LogP contribution in [0.4, 0.5) is 10.6 Å². The largest absolute Gasteiger partial charge is 0.379 e. The van der Waals surface area contributed by atoms with Gasteiger partial charge in [0.15, 0.2) is 0 Å². The molecule has 1 aromatic heterocycles. The molecular weight excluding hydrogens is 330 g/mol. The van der Waals surface area contributed by atoms with Crippen molar-refractivity contribution in [3.05, 3.63) is 12.3 Å². The lowest BCUT2D eigenvalue weighted by molar-refractivity contribution is 0.0254. The predicted octanol–water partition coefficient (Wildman–Crippen LogP) is 3.01. The maximum absolute atomic E-state index is 12.7. The molecule has 3 rings (SSSR count). The minimum Gasteiger partial charge on any atom is -0.379 e.